The maximum Gasteiger partial charge on any atom is 0.254 e. The van der Waals surface area contributed by atoms with Crippen LogP contribution in [0.5, 0.6) is 0 Å². The quantitative estimate of drug-likeness (QED) is 0.406. The Morgan fingerprint density at radius 2 is 2.03 bits per heavy atom. The Balaban J connectivity index is 1.26. The molecule has 0 spiro atoms. The molecule has 0 aliphatic heterocycles. The number of hydrogen-bond donors (Lipinski definition) is 3. The largest absolute Gasteiger partial charge is 0.352 e. The van der Waals surface area contributed by atoms with E-state index < -0.39 is 0 Å². The van der Waals surface area contributed by atoms with Crippen LogP contribution in [0.2, 0.25) is 0 Å². The molecule has 190 valence electrons. The van der Waals surface area contributed by atoms with Gasteiger partial charge in [-0.3, -0.25) is 18.8 Å². The summed E-state index contributed by atoms with van der Waals surface area (Å²) in [5, 5.41) is 23.3. The standard InChI is InChI=1S/C25H32N8O2S/c1-3-16-10-20(32(2)31-16)28-25-30-27-13-33(25)17-8-9-19-18(11-17)21(23(35)26-12-14-4-5-14)24(36-19)29-22(34)15-6-7-15/h10,13-15,17H,3-9,11-12H2,1-2H3,(H,26,35)(H,28,30)(H,29,34)/t17-/m0/s1. The van der Waals surface area contributed by atoms with Gasteiger partial charge >= 0.3 is 0 Å². The zero-order valence-electron chi connectivity index (χ0n) is 20.7. The highest BCUT2D eigenvalue weighted by Gasteiger charge is 2.35. The van der Waals surface area contributed by atoms with Gasteiger partial charge in [-0.05, 0) is 62.8 Å². The Kier molecular flexibility index (Phi) is 6.02. The number of carbonyl (C=O) groups is 2. The molecule has 1 atom stereocenters. The summed E-state index contributed by atoms with van der Waals surface area (Å²) >= 11 is 1.57. The van der Waals surface area contributed by atoms with Gasteiger partial charge in [-0.15, -0.1) is 21.5 Å². The first kappa shape index (κ1) is 23.2. The second-order valence-corrected chi connectivity index (χ2v) is 11.3. The average molecular weight is 509 g/mol. The van der Waals surface area contributed by atoms with Crippen LogP contribution in [0.1, 0.15) is 71.6 Å². The number of rotatable bonds is 9. The molecule has 0 aromatic carbocycles. The predicted octanol–water partition coefficient (Wildman–Crippen LogP) is 3.60. The molecule has 3 aliphatic carbocycles. The van der Waals surface area contributed by atoms with Crippen LogP contribution >= 0.6 is 11.3 Å². The van der Waals surface area contributed by atoms with Crippen molar-refractivity contribution < 1.29 is 9.59 Å². The molecule has 3 aromatic heterocycles. The minimum Gasteiger partial charge on any atom is -0.352 e. The van der Waals surface area contributed by atoms with Crippen LogP contribution in [0.4, 0.5) is 16.8 Å². The fraction of sp³-hybridized carbons (Fsp3) is 0.560. The summed E-state index contributed by atoms with van der Waals surface area (Å²) in [6.07, 6.45) is 9.27. The van der Waals surface area contributed by atoms with E-state index in [0.29, 0.717) is 35.4 Å². The molecule has 2 fully saturated rings. The number of aromatic nitrogens is 5. The van der Waals surface area contributed by atoms with Crippen LogP contribution in [0, 0.1) is 11.8 Å². The van der Waals surface area contributed by atoms with Gasteiger partial charge in [-0.1, -0.05) is 6.92 Å². The van der Waals surface area contributed by atoms with Gasteiger partial charge in [-0.25, -0.2) is 0 Å². The van der Waals surface area contributed by atoms with E-state index in [9.17, 15) is 9.59 Å². The minimum absolute atomic E-state index is 0.0364. The molecule has 2 saturated carbocycles. The Morgan fingerprint density at radius 1 is 1.19 bits per heavy atom. The second kappa shape index (κ2) is 9.34. The maximum atomic E-state index is 13.4. The summed E-state index contributed by atoms with van der Waals surface area (Å²) in [4.78, 5) is 27.1. The number of anilines is 3. The lowest BCUT2D eigenvalue weighted by atomic mass is 9.91. The monoisotopic (exact) mass is 508 g/mol. The molecule has 3 aliphatic rings. The fourth-order valence-electron chi connectivity index (χ4n) is 4.87. The van der Waals surface area contributed by atoms with Crippen molar-refractivity contribution in [1.82, 2.24) is 29.9 Å². The van der Waals surface area contributed by atoms with Gasteiger partial charge in [0, 0.05) is 36.5 Å². The maximum absolute atomic E-state index is 13.4. The molecular weight excluding hydrogens is 476 g/mol. The minimum atomic E-state index is -0.0739. The molecule has 3 aromatic rings. The van der Waals surface area contributed by atoms with E-state index in [1.165, 1.54) is 17.7 Å². The first-order chi connectivity index (χ1) is 17.5. The fourth-order valence-corrected chi connectivity index (χ4v) is 6.11. The molecule has 3 N–H and O–H groups in total. The molecule has 0 radical (unpaired) electrons. The Bertz CT molecular complexity index is 1300. The number of thiophene rings is 1. The lowest BCUT2D eigenvalue weighted by Crippen LogP contribution is -2.28. The zero-order chi connectivity index (χ0) is 24.8. The first-order valence-electron chi connectivity index (χ1n) is 12.9. The smallest absolute Gasteiger partial charge is 0.254 e. The van der Waals surface area contributed by atoms with Crippen LogP contribution in [0.3, 0.4) is 0 Å². The van der Waals surface area contributed by atoms with Gasteiger partial charge in [-0.2, -0.15) is 5.10 Å². The molecule has 10 nitrogen and oxygen atoms in total. The van der Waals surface area contributed by atoms with Gasteiger partial charge in [0.1, 0.15) is 17.1 Å². The van der Waals surface area contributed by atoms with Crippen molar-refractivity contribution in [2.24, 2.45) is 18.9 Å². The number of nitrogens with zero attached hydrogens (tertiary/aromatic N) is 5. The molecule has 11 heteroatoms. The molecule has 3 heterocycles. The number of amides is 2. The van der Waals surface area contributed by atoms with Gasteiger partial charge in [0.25, 0.3) is 5.91 Å². The molecule has 0 unspecified atom stereocenters. The topological polar surface area (TPSA) is 119 Å². The first-order valence-corrected chi connectivity index (χ1v) is 13.7. The third-order valence-electron chi connectivity index (χ3n) is 7.39. The van der Waals surface area contributed by atoms with E-state index in [4.69, 9.17) is 0 Å². The van der Waals surface area contributed by atoms with Crippen molar-refractivity contribution in [3.05, 3.63) is 34.1 Å². The summed E-state index contributed by atoms with van der Waals surface area (Å²) in [5.41, 5.74) is 2.70. The van der Waals surface area contributed by atoms with Crippen molar-refractivity contribution >= 4 is 39.9 Å². The van der Waals surface area contributed by atoms with Gasteiger partial charge in [0.05, 0.1) is 11.3 Å². The summed E-state index contributed by atoms with van der Waals surface area (Å²) in [5.74, 6) is 2.16. The van der Waals surface area contributed by atoms with E-state index in [0.717, 1.165) is 49.2 Å². The Morgan fingerprint density at radius 3 is 2.75 bits per heavy atom. The van der Waals surface area contributed by atoms with Crippen molar-refractivity contribution in [3.8, 4) is 0 Å². The molecular formula is C25H32N8O2S. The number of nitrogens with one attached hydrogen (secondary N) is 3. The SMILES string of the molecule is CCc1cc(Nc2nncn2[C@H]2CCc3sc(NC(=O)C4CC4)c(C(=O)NCC4CC4)c3C2)n(C)n1. The number of carbonyl (C=O) groups excluding carboxylic acids is 2. The Hall–Kier alpha value is -3.21. The Labute approximate surface area is 213 Å². The number of hydrogen-bond acceptors (Lipinski definition) is 7. The highest BCUT2D eigenvalue weighted by atomic mass is 32.1. The van der Waals surface area contributed by atoms with E-state index >= 15 is 0 Å². The van der Waals surface area contributed by atoms with Gasteiger partial charge in [0.2, 0.25) is 11.9 Å². The summed E-state index contributed by atoms with van der Waals surface area (Å²) < 4.78 is 3.88. The van der Waals surface area contributed by atoms with Gasteiger partial charge < -0.3 is 16.0 Å². The number of fused-ring (bicyclic) bond motifs is 1. The highest BCUT2D eigenvalue weighted by molar-refractivity contribution is 7.17. The van der Waals surface area contributed by atoms with Crippen LogP contribution in [0.15, 0.2) is 12.4 Å². The van der Waals surface area contributed by atoms with E-state index in [-0.39, 0.29) is 23.8 Å². The average Bonchev–Trinajstić information content (AvgIpc) is 3.78. The van der Waals surface area contributed by atoms with Crippen LogP contribution < -0.4 is 16.0 Å². The van der Waals surface area contributed by atoms with Crippen molar-refractivity contribution in [1.29, 1.82) is 0 Å². The molecule has 0 bridgehead atoms. The number of aryl methyl sites for hydroxylation is 3. The van der Waals surface area contributed by atoms with Crippen molar-refractivity contribution in [2.75, 3.05) is 17.2 Å². The highest BCUT2D eigenvalue weighted by Crippen LogP contribution is 2.43. The van der Waals surface area contributed by atoms with Crippen molar-refractivity contribution in [3.63, 3.8) is 0 Å². The lowest BCUT2D eigenvalue weighted by Gasteiger charge is -2.25. The van der Waals surface area contributed by atoms with E-state index in [1.54, 1.807) is 17.7 Å². The molecule has 0 saturated heterocycles. The lowest BCUT2D eigenvalue weighted by molar-refractivity contribution is -0.117. The zero-order valence-corrected chi connectivity index (χ0v) is 21.5. The summed E-state index contributed by atoms with van der Waals surface area (Å²) in [6, 6.07) is 2.12. The molecule has 6 rings (SSSR count). The van der Waals surface area contributed by atoms with Crippen molar-refractivity contribution in [2.45, 2.75) is 64.3 Å². The van der Waals surface area contributed by atoms with Crippen LogP contribution in [-0.2, 0) is 31.1 Å². The predicted molar refractivity (Wildman–Crippen MR) is 138 cm³/mol. The van der Waals surface area contributed by atoms with E-state index in [2.05, 4.69) is 42.7 Å². The second-order valence-electron chi connectivity index (χ2n) is 10.2. The van der Waals surface area contributed by atoms with Crippen LogP contribution in [-0.4, -0.2) is 42.9 Å². The van der Waals surface area contributed by atoms with Gasteiger partial charge in [0.15, 0.2) is 0 Å². The van der Waals surface area contributed by atoms with E-state index in [1.807, 2.05) is 17.8 Å². The summed E-state index contributed by atoms with van der Waals surface area (Å²) in [7, 11) is 1.91. The third kappa shape index (κ3) is 4.63. The molecule has 36 heavy (non-hydrogen) atoms. The third-order valence-corrected chi connectivity index (χ3v) is 8.60. The summed E-state index contributed by atoms with van der Waals surface area (Å²) in [6.45, 7) is 2.78. The normalized spacial score (nSPS) is 19.1. The van der Waals surface area contributed by atoms with Crippen LogP contribution in [0.25, 0.3) is 0 Å². The molecule has 2 amide bonds.